The zero-order valence-corrected chi connectivity index (χ0v) is 22.0. The molecule has 2 aliphatic heterocycles. The minimum Gasteiger partial charge on any atom is -0.460 e. The van der Waals surface area contributed by atoms with Crippen LogP contribution in [-0.4, -0.2) is 55.2 Å². The van der Waals surface area contributed by atoms with Crippen molar-refractivity contribution in [2.45, 2.75) is 82.6 Å². The summed E-state index contributed by atoms with van der Waals surface area (Å²) in [7, 11) is 0. The average molecular weight is 510 g/mol. The molecule has 37 heavy (non-hydrogen) atoms. The molecule has 2 heterocycles. The molecule has 2 unspecified atom stereocenters. The van der Waals surface area contributed by atoms with Crippen molar-refractivity contribution in [2.75, 3.05) is 19.9 Å². The molecule has 2 fully saturated rings. The third-order valence-corrected chi connectivity index (χ3v) is 7.50. The summed E-state index contributed by atoms with van der Waals surface area (Å²) in [6.07, 6.45) is 6.59. The van der Waals surface area contributed by atoms with Crippen LogP contribution in [0.2, 0.25) is 0 Å². The van der Waals surface area contributed by atoms with Gasteiger partial charge in [0.05, 0.1) is 6.61 Å². The van der Waals surface area contributed by atoms with E-state index in [-0.39, 0.29) is 12.7 Å². The van der Waals surface area contributed by atoms with Gasteiger partial charge in [-0.2, -0.15) is 0 Å². The van der Waals surface area contributed by atoms with Crippen molar-refractivity contribution >= 4 is 12.1 Å². The van der Waals surface area contributed by atoms with E-state index in [9.17, 15) is 9.59 Å². The van der Waals surface area contributed by atoms with E-state index in [1.807, 2.05) is 60.7 Å². The second-order valence-corrected chi connectivity index (χ2v) is 9.83. The van der Waals surface area contributed by atoms with Gasteiger partial charge in [0.25, 0.3) is 0 Å². The summed E-state index contributed by atoms with van der Waals surface area (Å²) in [6, 6.07) is 19.4. The predicted octanol–water partition coefficient (Wildman–Crippen LogP) is 5.81. The highest BCUT2D eigenvalue weighted by Gasteiger charge is 2.48. The number of hydrogen-bond donors (Lipinski definition) is 0. The lowest BCUT2D eigenvalue weighted by molar-refractivity contribution is -0.188. The number of hydrogen-bond acceptors (Lipinski definition) is 7. The third kappa shape index (κ3) is 6.33. The smallest absolute Gasteiger partial charge is 0.460 e. The summed E-state index contributed by atoms with van der Waals surface area (Å²) in [6.45, 7) is 4.77. The maximum atomic E-state index is 14.1. The van der Waals surface area contributed by atoms with E-state index < -0.39 is 24.5 Å². The highest BCUT2D eigenvalue weighted by atomic mass is 16.8. The molecule has 7 heteroatoms. The lowest BCUT2D eigenvalue weighted by Gasteiger charge is -2.40. The molecule has 2 aromatic carbocycles. The van der Waals surface area contributed by atoms with Gasteiger partial charge in [0, 0.05) is 24.9 Å². The van der Waals surface area contributed by atoms with Crippen LogP contribution in [0.25, 0.3) is 0 Å². The molecule has 0 spiro atoms. The molecule has 0 aliphatic carbocycles. The summed E-state index contributed by atoms with van der Waals surface area (Å²) < 4.78 is 22.4. The first-order valence-electron chi connectivity index (χ1n) is 13.6. The Morgan fingerprint density at radius 1 is 0.865 bits per heavy atom. The topological polar surface area (TPSA) is 74.3 Å². The van der Waals surface area contributed by atoms with Crippen LogP contribution in [0, 0.1) is 0 Å². The van der Waals surface area contributed by atoms with Crippen LogP contribution < -0.4 is 0 Å². The lowest BCUT2D eigenvalue weighted by Crippen LogP contribution is -2.49. The summed E-state index contributed by atoms with van der Waals surface area (Å²) in [5.74, 6) is -0.499. The Bertz CT molecular complexity index is 944. The van der Waals surface area contributed by atoms with Crippen molar-refractivity contribution < 1.29 is 28.5 Å². The molecule has 0 aromatic heterocycles. The molecule has 2 aliphatic rings. The van der Waals surface area contributed by atoms with E-state index in [2.05, 4.69) is 11.8 Å². The number of fused-ring (bicyclic) bond motifs is 2. The molecule has 0 amide bonds. The number of ether oxygens (including phenoxy) is 4. The molecule has 200 valence electrons. The van der Waals surface area contributed by atoms with Gasteiger partial charge in [0.1, 0.15) is 6.10 Å². The molecule has 2 saturated heterocycles. The van der Waals surface area contributed by atoms with E-state index in [1.54, 1.807) is 6.92 Å². The van der Waals surface area contributed by atoms with Gasteiger partial charge < -0.3 is 18.9 Å². The van der Waals surface area contributed by atoms with E-state index >= 15 is 0 Å². The van der Waals surface area contributed by atoms with Crippen LogP contribution in [0.3, 0.4) is 0 Å². The zero-order chi connectivity index (χ0) is 26.1. The number of rotatable bonds is 12. The summed E-state index contributed by atoms with van der Waals surface area (Å²) in [5, 5.41) is 0. The monoisotopic (exact) mass is 509 g/mol. The van der Waals surface area contributed by atoms with Gasteiger partial charge >= 0.3 is 12.1 Å². The maximum Gasteiger partial charge on any atom is 0.510 e. The third-order valence-electron chi connectivity index (χ3n) is 7.50. The Labute approximate surface area is 220 Å². The van der Waals surface area contributed by atoms with Gasteiger partial charge in [0.2, 0.25) is 5.60 Å². The van der Waals surface area contributed by atoms with Crippen LogP contribution in [-0.2, 0) is 29.3 Å². The summed E-state index contributed by atoms with van der Waals surface area (Å²) in [4.78, 5) is 28.6. The van der Waals surface area contributed by atoms with Crippen LogP contribution in [0.4, 0.5) is 4.79 Å². The van der Waals surface area contributed by atoms with Crippen LogP contribution in [0.15, 0.2) is 60.7 Å². The normalized spacial score (nSPS) is 21.4. The van der Waals surface area contributed by atoms with Gasteiger partial charge in [0.15, 0.2) is 6.79 Å². The van der Waals surface area contributed by atoms with E-state index in [4.69, 9.17) is 18.9 Å². The Kier molecular flexibility index (Phi) is 9.58. The summed E-state index contributed by atoms with van der Waals surface area (Å²) in [5.41, 5.74) is -0.371. The largest absolute Gasteiger partial charge is 0.510 e. The van der Waals surface area contributed by atoms with Gasteiger partial charge in [-0.05, 0) is 43.9 Å². The Morgan fingerprint density at radius 2 is 1.46 bits per heavy atom. The first-order chi connectivity index (χ1) is 18.1. The van der Waals surface area contributed by atoms with Crippen LogP contribution in [0.1, 0.15) is 69.9 Å². The Balaban J connectivity index is 1.57. The number of nitrogens with zero attached hydrogens (tertiary/aromatic N) is 1. The van der Waals surface area contributed by atoms with Crippen molar-refractivity contribution in [1.29, 1.82) is 0 Å². The fraction of sp³-hybridized carbons (Fsp3) is 0.533. The molecular weight excluding hydrogens is 470 g/mol. The maximum absolute atomic E-state index is 14.1. The zero-order valence-electron chi connectivity index (χ0n) is 22.0. The SMILES string of the molecule is CCCCCN1C2CCC1CC(OC(=O)C(OCOC(=O)OCC)(c1ccccc1)c1ccccc1)C2. The van der Waals surface area contributed by atoms with Gasteiger partial charge in [-0.15, -0.1) is 0 Å². The standard InChI is InChI=1S/C30H39NO6/c1-3-5-12-19-31-25-17-18-26(31)21-27(20-25)37-28(32)30(23-13-8-6-9-14-23,24-15-10-7-11-16-24)36-22-35-29(33)34-4-2/h6-11,13-16,25-27H,3-5,12,17-22H2,1-2H3. The van der Waals surface area contributed by atoms with Crippen molar-refractivity contribution in [3.8, 4) is 0 Å². The average Bonchev–Trinajstić information content (AvgIpc) is 3.15. The number of esters is 1. The van der Waals surface area contributed by atoms with E-state index in [0.717, 1.165) is 32.2 Å². The number of benzene rings is 2. The highest BCUT2D eigenvalue weighted by molar-refractivity contribution is 5.86. The minimum atomic E-state index is -1.59. The number of carbonyl (C=O) groups excluding carboxylic acids is 2. The molecule has 0 N–H and O–H groups in total. The number of unbranched alkanes of at least 4 members (excludes halogenated alkanes) is 2. The Hall–Kier alpha value is -2.90. The fourth-order valence-corrected chi connectivity index (χ4v) is 5.76. The first-order valence-corrected chi connectivity index (χ1v) is 13.6. The number of carbonyl (C=O) groups is 2. The summed E-state index contributed by atoms with van der Waals surface area (Å²) >= 11 is 0. The molecule has 7 nitrogen and oxygen atoms in total. The predicted molar refractivity (Wildman–Crippen MR) is 140 cm³/mol. The van der Waals surface area contributed by atoms with E-state index in [0.29, 0.717) is 23.2 Å². The van der Waals surface area contributed by atoms with Crippen LogP contribution in [0.5, 0.6) is 0 Å². The molecule has 0 radical (unpaired) electrons. The molecule has 2 bridgehead atoms. The van der Waals surface area contributed by atoms with Crippen LogP contribution >= 0.6 is 0 Å². The second-order valence-electron chi connectivity index (χ2n) is 9.83. The van der Waals surface area contributed by atoms with Gasteiger partial charge in [-0.3, -0.25) is 4.90 Å². The molecule has 0 saturated carbocycles. The van der Waals surface area contributed by atoms with Crippen molar-refractivity contribution in [1.82, 2.24) is 4.90 Å². The molecule has 2 atom stereocenters. The number of piperidine rings is 1. The highest BCUT2D eigenvalue weighted by Crippen LogP contribution is 2.40. The minimum absolute atomic E-state index is 0.183. The lowest BCUT2D eigenvalue weighted by atomic mass is 9.85. The molecule has 2 aromatic rings. The molecular formula is C30H39NO6. The quantitative estimate of drug-likeness (QED) is 0.203. The van der Waals surface area contributed by atoms with Crippen molar-refractivity contribution in [3.63, 3.8) is 0 Å². The van der Waals surface area contributed by atoms with E-state index in [1.165, 1.54) is 19.3 Å². The van der Waals surface area contributed by atoms with Gasteiger partial charge in [-0.25, -0.2) is 9.59 Å². The van der Waals surface area contributed by atoms with Crippen molar-refractivity contribution in [2.24, 2.45) is 0 Å². The van der Waals surface area contributed by atoms with Crippen molar-refractivity contribution in [3.05, 3.63) is 71.8 Å². The Morgan fingerprint density at radius 3 is 2.00 bits per heavy atom. The van der Waals surface area contributed by atoms with Gasteiger partial charge in [-0.1, -0.05) is 80.4 Å². The fourth-order valence-electron chi connectivity index (χ4n) is 5.76. The second kappa shape index (κ2) is 13.1. The molecule has 4 rings (SSSR count). The first kappa shape index (κ1) is 27.1.